The highest BCUT2D eigenvalue weighted by Crippen LogP contribution is 2.23. The third kappa shape index (κ3) is 4.65. The molecule has 6 nitrogen and oxygen atoms in total. The zero-order valence-electron chi connectivity index (χ0n) is 16.3. The minimum absolute atomic E-state index is 0.109. The summed E-state index contributed by atoms with van der Waals surface area (Å²) in [6, 6.07) is 11.5. The van der Waals surface area contributed by atoms with E-state index in [4.69, 9.17) is 4.74 Å². The summed E-state index contributed by atoms with van der Waals surface area (Å²) in [7, 11) is -2.27. The molecule has 1 N–H and O–H groups in total. The first-order valence-electron chi connectivity index (χ1n) is 9.47. The Balaban J connectivity index is 1.85. The van der Waals surface area contributed by atoms with Crippen molar-refractivity contribution < 1.29 is 17.9 Å². The van der Waals surface area contributed by atoms with Gasteiger partial charge in [-0.25, -0.2) is 8.42 Å². The van der Waals surface area contributed by atoms with E-state index in [1.54, 1.807) is 50.4 Å². The molecular formula is C21H26N2O4S. The first-order chi connectivity index (χ1) is 13.4. The van der Waals surface area contributed by atoms with Crippen LogP contribution in [0.5, 0.6) is 5.75 Å². The minimum atomic E-state index is -3.82. The van der Waals surface area contributed by atoms with Crippen molar-refractivity contribution in [1.82, 2.24) is 4.90 Å². The third-order valence-electron chi connectivity index (χ3n) is 4.96. The summed E-state index contributed by atoms with van der Waals surface area (Å²) in [5.41, 5.74) is 1.43. The first kappa shape index (κ1) is 20.2. The number of carbonyl (C=O) groups excluding carboxylic acids is 1. The predicted octanol–water partition coefficient (Wildman–Crippen LogP) is 3.82. The maximum Gasteiger partial charge on any atom is 0.262 e. The summed E-state index contributed by atoms with van der Waals surface area (Å²) >= 11 is 0. The Morgan fingerprint density at radius 1 is 1.00 bits per heavy atom. The van der Waals surface area contributed by atoms with Gasteiger partial charge in [-0.3, -0.25) is 9.52 Å². The van der Waals surface area contributed by atoms with Crippen molar-refractivity contribution >= 4 is 21.6 Å². The van der Waals surface area contributed by atoms with Gasteiger partial charge >= 0.3 is 0 Å². The van der Waals surface area contributed by atoms with Crippen molar-refractivity contribution in [3.63, 3.8) is 0 Å². The molecule has 0 saturated carbocycles. The third-order valence-corrected chi connectivity index (χ3v) is 6.48. The molecule has 0 spiro atoms. The summed E-state index contributed by atoms with van der Waals surface area (Å²) in [5.74, 6) is 0.534. The van der Waals surface area contributed by atoms with Gasteiger partial charge in [0.05, 0.1) is 12.0 Å². The maximum atomic E-state index is 12.9. The Morgan fingerprint density at radius 2 is 1.64 bits per heavy atom. The van der Waals surface area contributed by atoms with Crippen LogP contribution < -0.4 is 9.46 Å². The van der Waals surface area contributed by atoms with Gasteiger partial charge in [0.15, 0.2) is 0 Å². The Hall–Kier alpha value is -2.54. The SMILES string of the molecule is COc1ccc(NS(=O)(=O)c2cc(C(=O)N3CCCCCC3)ccc2C)cc1. The number of amides is 1. The van der Waals surface area contributed by atoms with Gasteiger partial charge in [-0.1, -0.05) is 18.9 Å². The van der Waals surface area contributed by atoms with Crippen LogP contribution >= 0.6 is 0 Å². The molecule has 2 aromatic rings. The van der Waals surface area contributed by atoms with Crippen molar-refractivity contribution in [1.29, 1.82) is 0 Å². The van der Waals surface area contributed by atoms with Crippen LogP contribution in [-0.4, -0.2) is 39.4 Å². The van der Waals surface area contributed by atoms with Crippen molar-refractivity contribution in [2.45, 2.75) is 37.5 Å². The van der Waals surface area contributed by atoms with E-state index in [0.717, 1.165) is 38.8 Å². The lowest BCUT2D eigenvalue weighted by Crippen LogP contribution is -2.32. The minimum Gasteiger partial charge on any atom is -0.497 e. The smallest absolute Gasteiger partial charge is 0.262 e. The number of carbonyl (C=O) groups is 1. The first-order valence-corrected chi connectivity index (χ1v) is 11.0. The van der Waals surface area contributed by atoms with Crippen LogP contribution in [0.4, 0.5) is 5.69 Å². The summed E-state index contributed by atoms with van der Waals surface area (Å²) in [6.07, 6.45) is 4.23. The highest BCUT2D eigenvalue weighted by molar-refractivity contribution is 7.92. The molecule has 28 heavy (non-hydrogen) atoms. The lowest BCUT2D eigenvalue weighted by atomic mass is 10.1. The molecule has 1 fully saturated rings. The van der Waals surface area contributed by atoms with Crippen molar-refractivity contribution in [2.24, 2.45) is 0 Å². The number of sulfonamides is 1. The number of rotatable bonds is 5. The highest BCUT2D eigenvalue weighted by atomic mass is 32.2. The number of aryl methyl sites for hydroxylation is 1. The van der Waals surface area contributed by atoms with Gasteiger partial charge in [-0.2, -0.15) is 0 Å². The second-order valence-electron chi connectivity index (χ2n) is 7.02. The van der Waals surface area contributed by atoms with Crippen LogP contribution in [0, 0.1) is 6.92 Å². The van der Waals surface area contributed by atoms with Gasteiger partial charge in [-0.05, 0) is 61.7 Å². The molecule has 7 heteroatoms. The molecule has 1 aliphatic rings. The quantitative estimate of drug-likeness (QED) is 0.825. The predicted molar refractivity (Wildman–Crippen MR) is 109 cm³/mol. The van der Waals surface area contributed by atoms with E-state index in [2.05, 4.69) is 4.72 Å². The number of likely N-dealkylation sites (tertiary alicyclic amines) is 1. The Bertz CT molecular complexity index is 931. The van der Waals surface area contributed by atoms with Crippen LogP contribution in [0.15, 0.2) is 47.4 Å². The van der Waals surface area contributed by atoms with Crippen LogP contribution in [0.3, 0.4) is 0 Å². The Kier molecular flexibility index (Phi) is 6.24. The van der Waals surface area contributed by atoms with Crippen molar-refractivity contribution in [2.75, 3.05) is 24.9 Å². The molecule has 0 unspecified atom stereocenters. The number of ether oxygens (including phenoxy) is 1. The average Bonchev–Trinajstić information content (AvgIpc) is 2.97. The van der Waals surface area contributed by atoms with Gasteiger partial charge in [0.25, 0.3) is 15.9 Å². The highest BCUT2D eigenvalue weighted by Gasteiger charge is 2.22. The fraction of sp³-hybridized carbons (Fsp3) is 0.381. The van der Waals surface area contributed by atoms with Crippen molar-refractivity contribution in [3.8, 4) is 5.75 Å². The molecule has 0 radical (unpaired) electrons. The molecule has 0 bridgehead atoms. The van der Waals surface area contributed by atoms with E-state index in [1.165, 1.54) is 6.07 Å². The lowest BCUT2D eigenvalue weighted by Gasteiger charge is -2.21. The Labute approximate surface area is 166 Å². The van der Waals surface area contributed by atoms with Gasteiger partial charge in [0.2, 0.25) is 0 Å². The number of anilines is 1. The summed E-state index contributed by atoms with van der Waals surface area (Å²) in [5, 5.41) is 0. The number of methoxy groups -OCH3 is 1. The van der Waals surface area contributed by atoms with Crippen LogP contribution in [0.1, 0.15) is 41.6 Å². The van der Waals surface area contributed by atoms with Crippen LogP contribution in [0.25, 0.3) is 0 Å². The molecule has 1 aliphatic heterocycles. The lowest BCUT2D eigenvalue weighted by molar-refractivity contribution is 0.0761. The molecule has 0 aliphatic carbocycles. The molecular weight excluding hydrogens is 376 g/mol. The normalized spacial score (nSPS) is 15.0. The van der Waals surface area contributed by atoms with E-state index in [-0.39, 0.29) is 10.8 Å². The summed E-state index contributed by atoms with van der Waals surface area (Å²) in [6.45, 7) is 3.17. The number of hydrogen-bond donors (Lipinski definition) is 1. The zero-order chi connectivity index (χ0) is 20.1. The molecule has 150 valence electrons. The standard InChI is InChI=1S/C21H26N2O4S/c1-16-7-8-17(21(24)23-13-5-3-4-6-14-23)15-20(16)28(25,26)22-18-9-11-19(27-2)12-10-18/h7-12,15,22H,3-6,13-14H2,1-2H3. The van der Waals surface area contributed by atoms with Gasteiger partial charge in [0.1, 0.15) is 5.75 Å². The van der Waals surface area contributed by atoms with Crippen LogP contribution in [-0.2, 0) is 10.0 Å². The van der Waals surface area contributed by atoms with Gasteiger partial charge < -0.3 is 9.64 Å². The summed E-state index contributed by atoms with van der Waals surface area (Å²) in [4.78, 5) is 14.8. The Morgan fingerprint density at radius 3 is 2.25 bits per heavy atom. The zero-order valence-corrected chi connectivity index (χ0v) is 17.1. The van der Waals surface area contributed by atoms with E-state index in [9.17, 15) is 13.2 Å². The van der Waals surface area contributed by atoms with E-state index in [0.29, 0.717) is 22.6 Å². The van der Waals surface area contributed by atoms with E-state index < -0.39 is 10.0 Å². The number of hydrogen-bond acceptors (Lipinski definition) is 4. The molecule has 1 amide bonds. The van der Waals surface area contributed by atoms with E-state index >= 15 is 0 Å². The topological polar surface area (TPSA) is 75.7 Å². The monoisotopic (exact) mass is 402 g/mol. The molecule has 2 aromatic carbocycles. The fourth-order valence-electron chi connectivity index (χ4n) is 3.35. The van der Waals surface area contributed by atoms with Crippen molar-refractivity contribution in [3.05, 3.63) is 53.6 Å². The molecule has 0 atom stereocenters. The van der Waals surface area contributed by atoms with E-state index in [1.807, 2.05) is 4.90 Å². The number of benzene rings is 2. The second kappa shape index (κ2) is 8.65. The molecule has 0 aromatic heterocycles. The fourth-order valence-corrected chi connectivity index (χ4v) is 4.68. The number of nitrogens with zero attached hydrogens (tertiary/aromatic N) is 1. The second-order valence-corrected chi connectivity index (χ2v) is 8.67. The maximum absolute atomic E-state index is 12.9. The molecule has 3 rings (SSSR count). The van der Waals surface area contributed by atoms with Crippen LogP contribution in [0.2, 0.25) is 0 Å². The molecule has 1 saturated heterocycles. The number of nitrogens with one attached hydrogen (secondary N) is 1. The van der Waals surface area contributed by atoms with Gasteiger partial charge in [-0.15, -0.1) is 0 Å². The van der Waals surface area contributed by atoms with Gasteiger partial charge in [0, 0.05) is 24.3 Å². The summed E-state index contributed by atoms with van der Waals surface area (Å²) < 4.78 is 33.5. The molecule has 1 heterocycles. The largest absolute Gasteiger partial charge is 0.497 e. The average molecular weight is 403 g/mol.